The van der Waals surface area contributed by atoms with Crippen molar-refractivity contribution >= 4 is 0 Å². The molecule has 0 spiro atoms. The molecule has 0 unspecified atom stereocenters. The topological polar surface area (TPSA) is 32.3 Å². The summed E-state index contributed by atoms with van der Waals surface area (Å²) in [6, 6.07) is 0. The maximum Gasteiger partial charge on any atom is 0.0613 e. The Labute approximate surface area is 87.4 Å². The van der Waals surface area contributed by atoms with E-state index in [0.717, 1.165) is 25.8 Å². The van der Waals surface area contributed by atoms with E-state index in [1.165, 1.54) is 24.8 Å². The van der Waals surface area contributed by atoms with Gasteiger partial charge in [-0.2, -0.15) is 0 Å². The Hall–Kier alpha value is -0.340. The van der Waals surface area contributed by atoms with E-state index in [1.54, 1.807) is 0 Å². The van der Waals surface area contributed by atoms with Crippen molar-refractivity contribution in [2.45, 2.75) is 51.0 Å². The fourth-order valence-electron chi connectivity index (χ4n) is 2.06. The third-order valence-electron chi connectivity index (χ3n) is 3.33. The number of nitrogens with one attached hydrogen (secondary N) is 1. The van der Waals surface area contributed by atoms with Gasteiger partial charge >= 0.3 is 0 Å². The van der Waals surface area contributed by atoms with E-state index in [-0.39, 0.29) is 12.1 Å². The highest BCUT2D eigenvalue weighted by molar-refractivity contribution is 5.00. The maximum atomic E-state index is 9.43. The van der Waals surface area contributed by atoms with Gasteiger partial charge in [-0.15, -0.1) is 0 Å². The van der Waals surface area contributed by atoms with Crippen LogP contribution in [0.5, 0.6) is 0 Å². The third-order valence-corrected chi connectivity index (χ3v) is 3.33. The minimum absolute atomic E-state index is 0.00361. The highest BCUT2D eigenvalue weighted by atomic mass is 16.3. The molecule has 0 amide bonds. The first-order valence-corrected chi connectivity index (χ1v) is 5.75. The van der Waals surface area contributed by atoms with Crippen molar-refractivity contribution in [3.8, 4) is 0 Å². The molecule has 2 N–H and O–H groups in total. The smallest absolute Gasteiger partial charge is 0.0613 e. The molecule has 0 aromatic heterocycles. The Morgan fingerprint density at radius 2 is 2.00 bits per heavy atom. The molecular formula is C12H23NO. The Morgan fingerprint density at radius 1 is 1.36 bits per heavy atom. The Morgan fingerprint density at radius 3 is 2.50 bits per heavy atom. The fourth-order valence-corrected chi connectivity index (χ4v) is 2.06. The summed E-state index contributed by atoms with van der Waals surface area (Å²) in [4.78, 5) is 0. The predicted molar refractivity (Wildman–Crippen MR) is 60.3 cm³/mol. The third kappa shape index (κ3) is 3.10. The summed E-state index contributed by atoms with van der Waals surface area (Å²) in [5.41, 5.74) is 1.22. The van der Waals surface area contributed by atoms with Crippen LogP contribution in [-0.2, 0) is 0 Å². The Balaban J connectivity index is 2.39. The van der Waals surface area contributed by atoms with Crippen LogP contribution in [0, 0.1) is 0 Å². The summed E-state index contributed by atoms with van der Waals surface area (Å²) in [7, 11) is 0. The molecule has 0 saturated heterocycles. The first kappa shape index (κ1) is 11.7. The van der Waals surface area contributed by atoms with Gasteiger partial charge < -0.3 is 10.4 Å². The second-order valence-corrected chi connectivity index (χ2v) is 4.46. The van der Waals surface area contributed by atoms with Crippen LogP contribution in [0.3, 0.4) is 0 Å². The minimum Gasteiger partial charge on any atom is -0.394 e. The first-order chi connectivity index (χ1) is 6.72. The second kappa shape index (κ2) is 5.52. The Bertz CT molecular complexity index is 183. The molecule has 0 aromatic carbocycles. The molecule has 0 bridgehead atoms. The van der Waals surface area contributed by atoms with Gasteiger partial charge in [0.25, 0.3) is 0 Å². The average Bonchev–Trinajstić information content (AvgIpc) is 2.27. The lowest BCUT2D eigenvalue weighted by Crippen LogP contribution is -2.50. The molecule has 0 aliphatic heterocycles. The van der Waals surface area contributed by atoms with E-state index >= 15 is 0 Å². The molecular weight excluding hydrogens is 174 g/mol. The molecule has 2 nitrogen and oxygen atoms in total. The van der Waals surface area contributed by atoms with Crippen LogP contribution in [0.15, 0.2) is 12.2 Å². The molecule has 0 aromatic rings. The van der Waals surface area contributed by atoms with Crippen molar-refractivity contribution in [1.82, 2.24) is 5.32 Å². The molecule has 1 fully saturated rings. The van der Waals surface area contributed by atoms with Crippen LogP contribution >= 0.6 is 0 Å². The Kier molecular flexibility index (Phi) is 4.63. The molecule has 1 aliphatic rings. The fraction of sp³-hybridized carbons (Fsp3) is 0.833. The van der Waals surface area contributed by atoms with Crippen LogP contribution in [0.25, 0.3) is 0 Å². The number of rotatable bonds is 5. The minimum atomic E-state index is -0.00361. The van der Waals surface area contributed by atoms with Crippen LogP contribution in [0.1, 0.15) is 45.4 Å². The van der Waals surface area contributed by atoms with Gasteiger partial charge in [0.15, 0.2) is 0 Å². The van der Waals surface area contributed by atoms with Gasteiger partial charge in [-0.05, 0) is 19.3 Å². The molecule has 0 atom stereocenters. The molecule has 82 valence electrons. The van der Waals surface area contributed by atoms with Gasteiger partial charge in [0.1, 0.15) is 0 Å². The number of hydrogen-bond donors (Lipinski definition) is 2. The van der Waals surface area contributed by atoms with Crippen molar-refractivity contribution in [2.24, 2.45) is 0 Å². The van der Waals surface area contributed by atoms with Crippen LogP contribution in [0.4, 0.5) is 0 Å². The van der Waals surface area contributed by atoms with E-state index < -0.39 is 0 Å². The van der Waals surface area contributed by atoms with Crippen LogP contribution in [0.2, 0.25) is 0 Å². The lowest BCUT2D eigenvalue weighted by atomic mass is 9.82. The van der Waals surface area contributed by atoms with Gasteiger partial charge in [0, 0.05) is 12.1 Å². The van der Waals surface area contributed by atoms with E-state index in [2.05, 4.69) is 18.8 Å². The lowest BCUT2D eigenvalue weighted by Gasteiger charge is -2.37. The highest BCUT2D eigenvalue weighted by Gasteiger charge is 2.30. The molecule has 2 heteroatoms. The van der Waals surface area contributed by atoms with E-state index in [1.807, 2.05) is 0 Å². The summed E-state index contributed by atoms with van der Waals surface area (Å²) in [6.45, 7) is 7.23. The van der Waals surface area contributed by atoms with E-state index in [0.29, 0.717) is 0 Å². The normalized spacial score (nSPS) is 20.7. The molecule has 1 saturated carbocycles. The van der Waals surface area contributed by atoms with Gasteiger partial charge in [-0.3, -0.25) is 0 Å². The monoisotopic (exact) mass is 197 g/mol. The zero-order valence-corrected chi connectivity index (χ0v) is 9.31. The van der Waals surface area contributed by atoms with Crippen molar-refractivity contribution in [3.63, 3.8) is 0 Å². The van der Waals surface area contributed by atoms with Crippen LogP contribution < -0.4 is 5.32 Å². The summed E-state index contributed by atoms with van der Waals surface area (Å²) in [5, 5.41) is 12.9. The largest absolute Gasteiger partial charge is 0.394 e. The zero-order chi connectivity index (χ0) is 10.4. The average molecular weight is 197 g/mol. The highest BCUT2D eigenvalue weighted by Crippen LogP contribution is 2.27. The van der Waals surface area contributed by atoms with Gasteiger partial charge in [-0.1, -0.05) is 38.3 Å². The van der Waals surface area contributed by atoms with Crippen molar-refractivity contribution in [3.05, 3.63) is 12.2 Å². The van der Waals surface area contributed by atoms with E-state index in [9.17, 15) is 5.11 Å². The summed E-state index contributed by atoms with van der Waals surface area (Å²) < 4.78 is 0. The number of hydrogen-bond acceptors (Lipinski definition) is 2. The maximum absolute atomic E-state index is 9.43. The van der Waals surface area contributed by atoms with Gasteiger partial charge in [0.05, 0.1) is 6.61 Å². The van der Waals surface area contributed by atoms with Gasteiger partial charge in [0.2, 0.25) is 0 Å². The van der Waals surface area contributed by atoms with Gasteiger partial charge in [-0.25, -0.2) is 0 Å². The second-order valence-electron chi connectivity index (χ2n) is 4.46. The predicted octanol–water partition coefficient (Wildman–Crippen LogP) is 2.24. The molecule has 14 heavy (non-hydrogen) atoms. The molecule has 1 aliphatic carbocycles. The van der Waals surface area contributed by atoms with E-state index in [4.69, 9.17) is 0 Å². The number of aliphatic hydroxyl groups excluding tert-OH is 1. The molecule has 1 rings (SSSR count). The van der Waals surface area contributed by atoms with Crippen molar-refractivity contribution in [1.29, 1.82) is 0 Å². The first-order valence-electron chi connectivity index (χ1n) is 5.75. The standard InChI is InChI=1S/C12H23NO/c1-3-11(2)9-13-12(10-14)7-5-4-6-8-12/h13-14H,2-10H2,1H3. The summed E-state index contributed by atoms with van der Waals surface area (Å²) in [6.07, 6.45) is 7.05. The summed E-state index contributed by atoms with van der Waals surface area (Å²) in [5.74, 6) is 0. The lowest BCUT2D eigenvalue weighted by molar-refractivity contribution is 0.124. The zero-order valence-electron chi connectivity index (χ0n) is 9.31. The summed E-state index contributed by atoms with van der Waals surface area (Å²) >= 11 is 0. The quantitative estimate of drug-likeness (QED) is 0.662. The molecule has 0 radical (unpaired) electrons. The van der Waals surface area contributed by atoms with Crippen molar-refractivity contribution in [2.75, 3.05) is 13.2 Å². The number of aliphatic hydroxyl groups is 1. The van der Waals surface area contributed by atoms with Crippen molar-refractivity contribution < 1.29 is 5.11 Å². The van der Waals surface area contributed by atoms with Crippen LogP contribution in [-0.4, -0.2) is 23.8 Å². The SMILES string of the molecule is C=C(CC)CNC1(CO)CCCCC1. The molecule has 0 heterocycles.